The van der Waals surface area contributed by atoms with Crippen LogP contribution in [-0.4, -0.2) is 47.4 Å². The molecule has 0 heterocycles. The fraction of sp³-hybridized carbons (Fsp3) is 0.887. The van der Waals surface area contributed by atoms with Gasteiger partial charge in [0.15, 0.2) is 0 Å². The number of hydrogen-bond acceptors (Lipinski definition) is 5. The molecule has 0 bridgehead atoms. The van der Waals surface area contributed by atoms with Crippen LogP contribution in [0.15, 0.2) is 36.5 Å². The lowest BCUT2D eigenvalue weighted by molar-refractivity contribution is -0.143. The van der Waals surface area contributed by atoms with Crippen molar-refractivity contribution < 1.29 is 24.5 Å². The van der Waals surface area contributed by atoms with Crippen LogP contribution in [0.4, 0.5) is 0 Å². The first-order valence-corrected chi connectivity index (χ1v) is 34.7. The Hall–Kier alpha value is -1.92. The Labute approximate surface area is 481 Å². The number of carbonyl (C=O) groups is 2. The minimum atomic E-state index is -0.665. The van der Waals surface area contributed by atoms with Crippen LogP contribution in [0.1, 0.15) is 380 Å². The number of ether oxygens (including phenoxy) is 1. The molecule has 0 aliphatic rings. The summed E-state index contributed by atoms with van der Waals surface area (Å²) in [5.41, 5.74) is 0. The van der Waals surface area contributed by atoms with Gasteiger partial charge in [0.1, 0.15) is 0 Å². The molecule has 0 fully saturated rings. The summed E-state index contributed by atoms with van der Waals surface area (Å²) in [6.45, 7) is 4.91. The molecule has 2 atom stereocenters. The van der Waals surface area contributed by atoms with Crippen LogP contribution in [0.3, 0.4) is 0 Å². The fourth-order valence-corrected chi connectivity index (χ4v) is 10.9. The van der Waals surface area contributed by atoms with Crippen molar-refractivity contribution in [1.82, 2.24) is 5.32 Å². The van der Waals surface area contributed by atoms with Crippen LogP contribution < -0.4 is 5.32 Å². The minimum Gasteiger partial charge on any atom is -0.466 e. The molecule has 77 heavy (non-hydrogen) atoms. The van der Waals surface area contributed by atoms with Gasteiger partial charge in [0, 0.05) is 12.8 Å². The molecule has 0 rings (SSSR count). The predicted octanol–water partition coefficient (Wildman–Crippen LogP) is 22.3. The van der Waals surface area contributed by atoms with Crippen LogP contribution >= 0.6 is 0 Å². The van der Waals surface area contributed by atoms with Crippen molar-refractivity contribution in [2.75, 3.05) is 13.2 Å². The number of rotatable bonds is 65. The Balaban J connectivity index is 3.38. The number of nitrogens with one attached hydrogen (secondary N) is 1. The lowest BCUT2D eigenvalue weighted by Gasteiger charge is -2.22. The average molecular weight is 1080 g/mol. The van der Waals surface area contributed by atoms with Gasteiger partial charge in [-0.2, -0.15) is 0 Å². The van der Waals surface area contributed by atoms with Gasteiger partial charge in [0.05, 0.1) is 25.4 Å². The van der Waals surface area contributed by atoms with Crippen molar-refractivity contribution in [3.8, 4) is 0 Å². The molecule has 1 amide bonds. The number of carbonyl (C=O) groups excluding carboxylic acids is 2. The summed E-state index contributed by atoms with van der Waals surface area (Å²) in [5.74, 6) is -0.0307. The van der Waals surface area contributed by atoms with Gasteiger partial charge in [-0.3, -0.25) is 9.59 Å². The summed E-state index contributed by atoms with van der Waals surface area (Å²) < 4.78 is 5.47. The number of unbranched alkanes of at least 4 members (excludes halogenated alkanes) is 48. The summed E-state index contributed by atoms with van der Waals surface area (Å²) in [4.78, 5) is 24.6. The van der Waals surface area contributed by atoms with Crippen LogP contribution in [0.25, 0.3) is 0 Å². The van der Waals surface area contributed by atoms with E-state index in [1.165, 1.54) is 295 Å². The Bertz CT molecular complexity index is 1250. The number of esters is 1. The minimum absolute atomic E-state index is 0.000762. The first-order chi connectivity index (χ1) is 38.0. The SMILES string of the molecule is CCC/C=C\C/C=C\CCCCCCCC(=O)OCCCCCCCCCCCCCC/C=C\CCCCCCCCCCCCCCC(=O)NC(CO)C(O)CCCCCCCCCCCCCCCCCCCCC. The van der Waals surface area contributed by atoms with Crippen molar-refractivity contribution in [2.45, 2.75) is 392 Å². The molecule has 0 aliphatic carbocycles. The standard InChI is InChI=1S/C71H135NO5/c1-3-5-7-9-11-13-15-17-18-19-30-33-36-40-43-47-51-55-59-63-69(74)68(67-73)72-70(75)64-60-56-52-48-44-41-37-34-31-28-26-24-22-20-21-23-25-27-29-32-35-38-42-46-50-54-58-62-66-77-71(76)65-61-57-53-49-45-39-16-14-12-10-8-6-4-2/h8,10,14,16,20-21,68-69,73-74H,3-7,9,11-13,15,17-19,22-67H2,1-2H3,(H,72,75)/b10-8-,16-14-,21-20-. The molecule has 0 aromatic rings. The van der Waals surface area contributed by atoms with E-state index >= 15 is 0 Å². The van der Waals surface area contributed by atoms with Gasteiger partial charge in [-0.05, 0) is 77.0 Å². The molecular formula is C71H135NO5. The third-order valence-electron chi connectivity index (χ3n) is 16.1. The van der Waals surface area contributed by atoms with Crippen LogP contribution in [0, 0.1) is 0 Å². The van der Waals surface area contributed by atoms with Crippen molar-refractivity contribution >= 4 is 11.9 Å². The highest BCUT2D eigenvalue weighted by atomic mass is 16.5. The van der Waals surface area contributed by atoms with Crippen LogP contribution in [-0.2, 0) is 14.3 Å². The normalized spacial score (nSPS) is 12.7. The summed E-state index contributed by atoms with van der Waals surface area (Å²) in [7, 11) is 0. The number of allylic oxidation sites excluding steroid dienone is 6. The smallest absolute Gasteiger partial charge is 0.305 e. The maximum Gasteiger partial charge on any atom is 0.305 e. The topological polar surface area (TPSA) is 95.9 Å². The third kappa shape index (κ3) is 63.1. The molecule has 2 unspecified atom stereocenters. The molecule has 6 nitrogen and oxygen atoms in total. The maximum atomic E-state index is 12.5. The van der Waals surface area contributed by atoms with Gasteiger partial charge < -0.3 is 20.3 Å². The zero-order valence-electron chi connectivity index (χ0n) is 52.0. The molecule has 3 N–H and O–H groups in total. The van der Waals surface area contributed by atoms with Crippen LogP contribution in [0.5, 0.6) is 0 Å². The van der Waals surface area contributed by atoms with E-state index in [4.69, 9.17) is 4.74 Å². The lowest BCUT2D eigenvalue weighted by atomic mass is 10.0. The quantitative estimate of drug-likeness (QED) is 0.0320. The molecule has 0 aromatic carbocycles. The molecular weight excluding hydrogens is 947 g/mol. The van der Waals surface area contributed by atoms with E-state index in [0.717, 1.165) is 51.4 Å². The lowest BCUT2D eigenvalue weighted by Crippen LogP contribution is -2.45. The highest BCUT2D eigenvalue weighted by Gasteiger charge is 2.20. The molecule has 0 saturated carbocycles. The third-order valence-corrected chi connectivity index (χ3v) is 16.1. The second kappa shape index (κ2) is 66.6. The second-order valence-corrected chi connectivity index (χ2v) is 23.9. The van der Waals surface area contributed by atoms with E-state index in [0.29, 0.717) is 25.9 Å². The van der Waals surface area contributed by atoms with E-state index in [-0.39, 0.29) is 18.5 Å². The predicted molar refractivity (Wildman–Crippen MR) is 338 cm³/mol. The zero-order valence-corrected chi connectivity index (χ0v) is 52.0. The Morgan fingerprint density at radius 3 is 1.05 bits per heavy atom. The maximum absolute atomic E-state index is 12.5. The van der Waals surface area contributed by atoms with Gasteiger partial charge in [0.25, 0.3) is 0 Å². The number of aliphatic hydroxyl groups excluding tert-OH is 2. The summed E-state index contributed by atoms with van der Waals surface area (Å²) in [5, 5.41) is 23.4. The number of aliphatic hydroxyl groups is 2. The van der Waals surface area contributed by atoms with E-state index in [9.17, 15) is 19.8 Å². The van der Waals surface area contributed by atoms with Gasteiger partial charge in [-0.15, -0.1) is 0 Å². The Morgan fingerprint density at radius 2 is 0.675 bits per heavy atom. The zero-order chi connectivity index (χ0) is 55.7. The van der Waals surface area contributed by atoms with Crippen LogP contribution in [0.2, 0.25) is 0 Å². The largest absolute Gasteiger partial charge is 0.466 e. The summed E-state index contributed by atoms with van der Waals surface area (Å²) in [6.07, 6.45) is 84.7. The molecule has 0 saturated heterocycles. The molecule has 6 heteroatoms. The van der Waals surface area contributed by atoms with Gasteiger partial charge in [0.2, 0.25) is 5.91 Å². The van der Waals surface area contributed by atoms with Gasteiger partial charge in [-0.1, -0.05) is 326 Å². The Kier molecular flexibility index (Phi) is 64.9. The molecule has 0 spiro atoms. The molecule has 0 radical (unpaired) electrons. The summed E-state index contributed by atoms with van der Waals surface area (Å²) in [6, 6.07) is -0.542. The molecule has 0 aliphatic heterocycles. The van der Waals surface area contributed by atoms with E-state index in [1.54, 1.807) is 0 Å². The van der Waals surface area contributed by atoms with E-state index in [1.807, 2.05) is 0 Å². The average Bonchev–Trinajstić information content (AvgIpc) is 3.43. The van der Waals surface area contributed by atoms with E-state index < -0.39 is 12.1 Å². The first kappa shape index (κ1) is 75.1. The fourth-order valence-electron chi connectivity index (χ4n) is 10.9. The highest BCUT2D eigenvalue weighted by Crippen LogP contribution is 2.19. The van der Waals surface area contributed by atoms with Crippen molar-refractivity contribution in [2.24, 2.45) is 0 Å². The van der Waals surface area contributed by atoms with Gasteiger partial charge in [-0.25, -0.2) is 0 Å². The molecule has 0 aromatic heterocycles. The van der Waals surface area contributed by atoms with Crippen molar-refractivity contribution in [3.63, 3.8) is 0 Å². The van der Waals surface area contributed by atoms with Crippen molar-refractivity contribution in [1.29, 1.82) is 0 Å². The monoisotopic (exact) mass is 1080 g/mol. The Morgan fingerprint density at radius 1 is 0.364 bits per heavy atom. The van der Waals surface area contributed by atoms with E-state index in [2.05, 4.69) is 55.6 Å². The van der Waals surface area contributed by atoms with Gasteiger partial charge >= 0.3 is 5.97 Å². The number of hydrogen-bond donors (Lipinski definition) is 3. The molecule has 454 valence electrons. The second-order valence-electron chi connectivity index (χ2n) is 23.9. The first-order valence-electron chi connectivity index (χ1n) is 34.7. The number of amides is 1. The highest BCUT2D eigenvalue weighted by molar-refractivity contribution is 5.76. The van der Waals surface area contributed by atoms with Crippen molar-refractivity contribution in [3.05, 3.63) is 36.5 Å². The summed E-state index contributed by atoms with van der Waals surface area (Å²) >= 11 is 0.